The topological polar surface area (TPSA) is 74.2 Å². The Hall–Kier alpha value is -2.14. The fourth-order valence-corrected chi connectivity index (χ4v) is 2.21. The standard InChI is InChI=1S/C16H19N3O2/c1-2-20-15(12-6-7-12)16-18-14(21-19-16)10-5-11-3-8-13(17)9-4-11/h3-5,8-10,12,15H,2,6-7,17H2,1H3/b10-5+. The first kappa shape index (κ1) is 13.8. The molecule has 1 fully saturated rings. The monoisotopic (exact) mass is 285 g/mol. The van der Waals surface area contributed by atoms with Crippen LogP contribution in [0.15, 0.2) is 28.8 Å². The van der Waals surface area contributed by atoms with Gasteiger partial charge in [0.25, 0.3) is 5.89 Å². The van der Waals surface area contributed by atoms with Crippen molar-refractivity contribution in [3.05, 3.63) is 41.5 Å². The number of anilines is 1. The van der Waals surface area contributed by atoms with Crippen molar-refractivity contribution in [3.8, 4) is 0 Å². The zero-order valence-electron chi connectivity index (χ0n) is 12.0. The number of rotatable bonds is 6. The van der Waals surface area contributed by atoms with Crippen molar-refractivity contribution in [2.45, 2.75) is 25.9 Å². The lowest BCUT2D eigenvalue weighted by molar-refractivity contribution is 0.0384. The third kappa shape index (κ3) is 3.49. The van der Waals surface area contributed by atoms with E-state index in [1.165, 1.54) is 12.8 Å². The second-order valence-electron chi connectivity index (χ2n) is 5.20. The van der Waals surface area contributed by atoms with E-state index in [2.05, 4.69) is 10.1 Å². The van der Waals surface area contributed by atoms with Crippen LogP contribution in [0.4, 0.5) is 5.69 Å². The molecule has 0 radical (unpaired) electrons. The number of ether oxygens (including phenoxy) is 1. The van der Waals surface area contributed by atoms with Gasteiger partial charge in [-0.1, -0.05) is 17.3 Å². The van der Waals surface area contributed by atoms with Crippen LogP contribution >= 0.6 is 0 Å². The summed E-state index contributed by atoms with van der Waals surface area (Å²) in [6.07, 6.45) is 6.05. The molecule has 1 saturated carbocycles. The van der Waals surface area contributed by atoms with E-state index in [0.717, 1.165) is 11.3 Å². The maximum Gasteiger partial charge on any atom is 0.250 e. The number of nitrogen functional groups attached to an aromatic ring is 1. The van der Waals surface area contributed by atoms with Crippen LogP contribution in [-0.4, -0.2) is 16.7 Å². The second-order valence-corrected chi connectivity index (χ2v) is 5.20. The van der Waals surface area contributed by atoms with E-state index in [1.807, 2.05) is 37.3 Å². The highest BCUT2D eigenvalue weighted by molar-refractivity contribution is 5.66. The molecule has 1 unspecified atom stereocenters. The predicted molar refractivity (Wildman–Crippen MR) is 81.2 cm³/mol. The lowest BCUT2D eigenvalue weighted by atomic mass is 10.2. The van der Waals surface area contributed by atoms with E-state index in [4.69, 9.17) is 15.0 Å². The Labute approximate surface area is 123 Å². The fourth-order valence-electron chi connectivity index (χ4n) is 2.21. The van der Waals surface area contributed by atoms with Crippen LogP contribution in [0, 0.1) is 5.92 Å². The van der Waals surface area contributed by atoms with Gasteiger partial charge in [0, 0.05) is 18.4 Å². The van der Waals surface area contributed by atoms with Gasteiger partial charge in [0.1, 0.15) is 6.10 Å². The molecule has 1 atom stereocenters. The van der Waals surface area contributed by atoms with E-state index in [9.17, 15) is 0 Å². The summed E-state index contributed by atoms with van der Waals surface area (Å²) in [5, 5.41) is 4.04. The third-order valence-corrected chi connectivity index (χ3v) is 3.46. The highest BCUT2D eigenvalue weighted by Gasteiger charge is 2.35. The SMILES string of the molecule is CCOC(c1noc(/C=C/c2ccc(N)cc2)n1)C1CC1. The van der Waals surface area contributed by atoms with Crippen LogP contribution in [-0.2, 0) is 4.74 Å². The number of benzene rings is 1. The molecule has 110 valence electrons. The van der Waals surface area contributed by atoms with Gasteiger partial charge >= 0.3 is 0 Å². The van der Waals surface area contributed by atoms with Crippen LogP contribution in [0.1, 0.15) is 43.1 Å². The minimum absolute atomic E-state index is 0.0302. The average Bonchev–Trinajstić information content (AvgIpc) is 3.22. The van der Waals surface area contributed by atoms with Gasteiger partial charge in [0.15, 0.2) is 0 Å². The normalized spacial score (nSPS) is 16.4. The Morgan fingerprint density at radius 3 is 2.76 bits per heavy atom. The van der Waals surface area contributed by atoms with Crippen molar-refractivity contribution in [1.29, 1.82) is 0 Å². The summed E-state index contributed by atoms with van der Waals surface area (Å²) >= 11 is 0. The largest absolute Gasteiger partial charge is 0.399 e. The molecule has 0 amide bonds. The summed E-state index contributed by atoms with van der Waals surface area (Å²) in [6, 6.07) is 7.60. The number of hydrogen-bond donors (Lipinski definition) is 1. The molecule has 0 spiro atoms. The van der Waals surface area contributed by atoms with Gasteiger partial charge < -0.3 is 15.0 Å². The van der Waals surface area contributed by atoms with Gasteiger partial charge in [-0.15, -0.1) is 0 Å². The van der Waals surface area contributed by atoms with E-state index >= 15 is 0 Å². The lowest BCUT2D eigenvalue weighted by Crippen LogP contribution is -2.08. The van der Waals surface area contributed by atoms with Gasteiger partial charge in [-0.05, 0) is 49.5 Å². The molecule has 5 heteroatoms. The van der Waals surface area contributed by atoms with Crippen molar-refractivity contribution in [3.63, 3.8) is 0 Å². The molecule has 1 aliphatic rings. The maximum atomic E-state index is 5.72. The molecule has 21 heavy (non-hydrogen) atoms. The lowest BCUT2D eigenvalue weighted by Gasteiger charge is -2.10. The second kappa shape index (κ2) is 6.10. The number of nitrogens with two attached hydrogens (primary N) is 1. The van der Waals surface area contributed by atoms with Crippen LogP contribution in [0.3, 0.4) is 0 Å². The first-order chi connectivity index (χ1) is 10.3. The minimum atomic E-state index is -0.0302. The molecule has 1 aromatic heterocycles. The predicted octanol–water partition coefficient (Wildman–Crippen LogP) is 3.31. The summed E-state index contributed by atoms with van der Waals surface area (Å²) in [5.41, 5.74) is 7.44. The van der Waals surface area contributed by atoms with Gasteiger partial charge in [-0.25, -0.2) is 0 Å². The Morgan fingerprint density at radius 1 is 1.33 bits per heavy atom. The smallest absolute Gasteiger partial charge is 0.250 e. The molecule has 2 N–H and O–H groups in total. The molecule has 2 aromatic rings. The van der Waals surface area contributed by atoms with Crippen LogP contribution in [0.2, 0.25) is 0 Å². The fraction of sp³-hybridized carbons (Fsp3) is 0.375. The molecule has 1 aliphatic carbocycles. The summed E-state index contributed by atoms with van der Waals surface area (Å²) < 4.78 is 11.0. The van der Waals surface area contributed by atoms with Crippen LogP contribution in [0.5, 0.6) is 0 Å². The van der Waals surface area contributed by atoms with E-state index < -0.39 is 0 Å². The van der Waals surface area contributed by atoms with Crippen molar-refractivity contribution in [2.75, 3.05) is 12.3 Å². The zero-order valence-corrected chi connectivity index (χ0v) is 12.0. The molecule has 5 nitrogen and oxygen atoms in total. The van der Waals surface area contributed by atoms with Crippen LogP contribution in [0.25, 0.3) is 12.2 Å². The quantitative estimate of drug-likeness (QED) is 0.824. The maximum absolute atomic E-state index is 5.72. The summed E-state index contributed by atoms with van der Waals surface area (Å²) in [6.45, 7) is 2.64. The first-order valence-corrected chi connectivity index (χ1v) is 7.25. The van der Waals surface area contributed by atoms with Gasteiger partial charge in [-0.2, -0.15) is 4.98 Å². The average molecular weight is 285 g/mol. The Balaban J connectivity index is 1.70. The van der Waals surface area contributed by atoms with Crippen LogP contribution < -0.4 is 5.73 Å². The number of aromatic nitrogens is 2. The summed E-state index contributed by atoms with van der Waals surface area (Å²) in [5.74, 6) is 1.68. The van der Waals surface area contributed by atoms with Gasteiger partial charge in [0.2, 0.25) is 5.82 Å². The summed E-state index contributed by atoms with van der Waals surface area (Å²) in [7, 11) is 0. The minimum Gasteiger partial charge on any atom is -0.399 e. The summed E-state index contributed by atoms with van der Waals surface area (Å²) in [4.78, 5) is 4.41. The molecular formula is C16H19N3O2. The van der Waals surface area contributed by atoms with Crippen molar-refractivity contribution in [1.82, 2.24) is 10.1 Å². The Morgan fingerprint density at radius 2 is 2.10 bits per heavy atom. The number of hydrogen-bond acceptors (Lipinski definition) is 5. The molecule has 1 aromatic carbocycles. The Kier molecular flexibility index (Phi) is 4.01. The van der Waals surface area contributed by atoms with Crippen molar-refractivity contribution in [2.24, 2.45) is 5.92 Å². The van der Waals surface area contributed by atoms with E-state index in [1.54, 1.807) is 6.08 Å². The van der Waals surface area contributed by atoms with E-state index in [-0.39, 0.29) is 6.10 Å². The van der Waals surface area contributed by atoms with Gasteiger partial charge in [0.05, 0.1) is 0 Å². The third-order valence-electron chi connectivity index (χ3n) is 3.46. The Bertz CT molecular complexity index is 615. The molecule has 0 aliphatic heterocycles. The molecule has 1 heterocycles. The highest BCUT2D eigenvalue weighted by atomic mass is 16.5. The molecule has 0 bridgehead atoms. The molecular weight excluding hydrogens is 266 g/mol. The van der Waals surface area contributed by atoms with E-state index in [0.29, 0.717) is 24.2 Å². The molecule has 3 rings (SSSR count). The first-order valence-electron chi connectivity index (χ1n) is 7.25. The highest BCUT2D eigenvalue weighted by Crippen LogP contribution is 2.42. The van der Waals surface area contributed by atoms with Crippen molar-refractivity contribution < 1.29 is 9.26 Å². The van der Waals surface area contributed by atoms with Crippen molar-refractivity contribution >= 4 is 17.8 Å². The number of nitrogens with zero attached hydrogens (tertiary/aromatic N) is 2. The van der Waals surface area contributed by atoms with Gasteiger partial charge in [-0.3, -0.25) is 0 Å². The molecule has 0 saturated heterocycles. The zero-order chi connectivity index (χ0) is 14.7.